The maximum Gasteiger partial charge on any atom is 0.451 e. The number of hydrogen-bond acceptors (Lipinski definition) is 5. The van der Waals surface area contributed by atoms with E-state index in [4.69, 9.17) is 4.74 Å². The Morgan fingerprint density at radius 3 is 2.42 bits per heavy atom. The largest absolute Gasteiger partial charge is 0.451 e. The average Bonchev–Trinajstić information content (AvgIpc) is 2.33. The van der Waals surface area contributed by atoms with E-state index >= 15 is 0 Å². The summed E-state index contributed by atoms with van der Waals surface area (Å²) in [5.74, 6) is -0.958. The van der Waals surface area contributed by atoms with Gasteiger partial charge in [-0.15, -0.1) is 0 Å². The Balaban J connectivity index is 2.72. The Morgan fingerprint density at radius 2 is 1.89 bits per heavy atom. The summed E-state index contributed by atoms with van der Waals surface area (Å²) in [6.45, 7) is 4.52. The smallest absolute Gasteiger partial charge is 0.377 e. The summed E-state index contributed by atoms with van der Waals surface area (Å²) in [5.41, 5.74) is 0. The van der Waals surface area contributed by atoms with Crippen LogP contribution in [0.1, 0.15) is 19.7 Å². The lowest BCUT2D eigenvalue weighted by Crippen LogP contribution is -2.17. The van der Waals surface area contributed by atoms with Crippen molar-refractivity contribution in [2.24, 2.45) is 0 Å². The molecule has 1 heterocycles. The van der Waals surface area contributed by atoms with Crippen molar-refractivity contribution in [3.8, 4) is 0 Å². The van der Waals surface area contributed by atoms with Gasteiger partial charge in [-0.1, -0.05) is 0 Å². The Bertz CT molecular complexity index is 409. The van der Waals surface area contributed by atoms with Gasteiger partial charge in [0, 0.05) is 19.7 Å². The number of ether oxygens (including phenoxy) is 1. The van der Waals surface area contributed by atoms with Crippen LogP contribution in [0.4, 0.5) is 24.8 Å². The monoisotopic (exact) mass is 278 g/mol. The van der Waals surface area contributed by atoms with Gasteiger partial charge in [-0.3, -0.25) is 0 Å². The molecule has 0 atom stereocenters. The molecule has 8 heteroatoms. The Morgan fingerprint density at radius 1 is 1.26 bits per heavy atom. The first-order chi connectivity index (χ1) is 8.82. The van der Waals surface area contributed by atoms with Crippen molar-refractivity contribution in [2.45, 2.75) is 26.1 Å². The summed E-state index contributed by atoms with van der Waals surface area (Å²) in [7, 11) is 1.49. The van der Waals surface area contributed by atoms with E-state index in [-0.39, 0.29) is 17.7 Å². The molecular formula is C11H17F3N4O. The fraction of sp³-hybridized carbons (Fsp3) is 0.636. The Hall–Kier alpha value is -1.57. The lowest BCUT2D eigenvalue weighted by molar-refractivity contribution is -0.144. The van der Waals surface area contributed by atoms with Crippen LogP contribution in [0.3, 0.4) is 0 Å². The quantitative estimate of drug-likeness (QED) is 0.782. The van der Waals surface area contributed by atoms with Crippen molar-refractivity contribution in [3.63, 3.8) is 0 Å². The molecule has 0 amide bonds. The molecule has 19 heavy (non-hydrogen) atoms. The standard InChI is InChI=1S/C11H17F3N4O/c1-7(2)19-5-4-16-9-6-8(15-3)17-10(18-9)11(12,13)14/h6-7H,4-5H2,1-3H3,(H2,15,16,17,18). The summed E-state index contributed by atoms with van der Waals surface area (Å²) in [4.78, 5) is 6.79. The van der Waals surface area contributed by atoms with Crippen molar-refractivity contribution in [3.05, 3.63) is 11.9 Å². The van der Waals surface area contributed by atoms with Gasteiger partial charge in [0.05, 0.1) is 12.7 Å². The summed E-state index contributed by atoms with van der Waals surface area (Å²) < 4.78 is 43.0. The molecule has 2 N–H and O–H groups in total. The van der Waals surface area contributed by atoms with Crippen LogP contribution in [-0.2, 0) is 10.9 Å². The molecule has 1 rings (SSSR count). The summed E-state index contributed by atoms with van der Waals surface area (Å²) in [5, 5.41) is 5.34. The number of anilines is 2. The van der Waals surface area contributed by atoms with E-state index in [9.17, 15) is 13.2 Å². The minimum Gasteiger partial charge on any atom is -0.377 e. The molecule has 5 nitrogen and oxygen atoms in total. The second-order valence-electron chi connectivity index (χ2n) is 4.06. The van der Waals surface area contributed by atoms with Gasteiger partial charge >= 0.3 is 6.18 Å². The fourth-order valence-corrected chi connectivity index (χ4v) is 1.27. The molecule has 0 aliphatic heterocycles. The Labute approximate surface area is 109 Å². The first kappa shape index (κ1) is 15.5. The third-order valence-electron chi connectivity index (χ3n) is 2.10. The topological polar surface area (TPSA) is 59.1 Å². The van der Waals surface area contributed by atoms with Gasteiger partial charge in [-0.05, 0) is 13.8 Å². The fourth-order valence-electron chi connectivity index (χ4n) is 1.27. The van der Waals surface area contributed by atoms with Crippen LogP contribution in [0, 0.1) is 0 Å². The molecule has 0 fully saturated rings. The molecule has 0 aliphatic carbocycles. The highest BCUT2D eigenvalue weighted by Gasteiger charge is 2.35. The number of hydrogen-bond donors (Lipinski definition) is 2. The van der Waals surface area contributed by atoms with Crippen LogP contribution in [0.2, 0.25) is 0 Å². The number of halogens is 3. The van der Waals surface area contributed by atoms with Gasteiger partial charge in [-0.2, -0.15) is 13.2 Å². The second kappa shape index (κ2) is 6.55. The zero-order chi connectivity index (χ0) is 14.5. The van der Waals surface area contributed by atoms with Crippen LogP contribution in [0.25, 0.3) is 0 Å². The minimum absolute atomic E-state index is 0.0748. The molecule has 108 valence electrons. The maximum atomic E-state index is 12.6. The van der Waals surface area contributed by atoms with Crippen LogP contribution < -0.4 is 10.6 Å². The van der Waals surface area contributed by atoms with Crippen LogP contribution in [0.15, 0.2) is 6.07 Å². The molecule has 0 unspecified atom stereocenters. The van der Waals surface area contributed by atoms with Crippen molar-refractivity contribution in [2.75, 3.05) is 30.8 Å². The van der Waals surface area contributed by atoms with Crippen molar-refractivity contribution >= 4 is 11.6 Å². The highest BCUT2D eigenvalue weighted by molar-refractivity contribution is 5.47. The van der Waals surface area contributed by atoms with E-state index in [1.54, 1.807) is 0 Å². The number of alkyl halides is 3. The molecule has 0 bridgehead atoms. The van der Waals surface area contributed by atoms with Crippen LogP contribution in [0.5, 0.6) is 0 Å². The van der Waals surface area contributed by atoms with Gasteiger partial charge in [0.1, 0.15) is 11.6 Å². The summed E-state index contributed by atoms with van der Waals surface area (Å²) >= 11 is 0. The van der Waals surface area contributed by atoms with Crippen LogP contribution >= 0.6 is 0 Å². The lowest BCUT2D eigenvalue weighted by atomic mass is 10.4. The van der Waals surface area contributed by atoms with E-state index in [1.807, 2.05) is 13.8 Å². The third kappa shape index (κ3) is 5.29. The molecule has 1 aromatic heterocycles. The molecule has 0 spiro atoms. The first-order valence-corrected chi connectivity index (χ1v) is 5.82. The van der Waals surface area contributed by atoms with E-state index in [0.29, 0.717) is 13.2 Å². The zero-order valence-corrected chi connectivity index (χ0v) is 11.0. The van der Waals surface area contributed by atoms with E-state index in [1.165, 1.54) is 13.1 Å². The van der Waals surface area contributed by atoms with Gasteiger partial charge < -0.3 is 15.4 Å². The molecule has 0 aliphatic rings. The van der Waals surface area contributed by atoms with Gasteiger partial charge in [0.15, 0.2) is 0 Å². The predicted octanol–water partition coefficient (Wildman–Crippen LogP) is 2.37. The number of nitrogens with zero attached hydrogens (tertiary/aromatic N) is 2. The van der Waals surface area contributed by atoms with Crippen molar-refractivity contribution in [1.82, 2.24) is 9.97 Å². The summed E-state index contributed by atoms with van der Waals surface area (Å²) in [6.07, 6.45) is -4.50. The third-order valence-corrected chi connectivity index (χ3v) is 2.10. The van der Waals surface area contributed by atoms with E-state index in [2.05, 4.69) is 20.6 Å². The lowest BCUT2D eigenvalue weighted by Gasteiger charge is -2.12. The molecule has 0 saturated heterocycles. The normalized spacial score (nSPS) is 11.7. The number of aromatic nitrogens is 2. The van der Waals surface area contributed by atoms with Crippen molar-refractivity contribution < 1.29 is 17.9 Å². The molecular weight excluding hydrogens is 261 g/mol. The highest BCUT2D eigenvalue weighted by atomic mass is 19.4. The van der Waals surface area contributed by atoms with Gasteiger partial charge in [-0.25, -0.2) is 9.97 Å². The van der Waals surface area contributed by atoms with Crippen LogP contribution in [-0.4, -0.2) is 36.3 Å². The highest BCUT2D eigenvalue weighted by Crippen LogP contribution is 2.28. The second-order valence-corrected chi connectivity index (χ2v) is 4.06. The maximum absolute atomic E-state index is 12.6. The van der Waals surface area contributed by atoms with Crippen molar-refractivity contribution in [1.29, 1.82) is 0 Å². The van der Waals surface area contributed by atoms with E-state index < -0.39 is 12.0 Å². The summed E-state index contributed by atoms with van der Waals surface area (Å²) in [6, 6.07) is 1.41. The number of nitrogens with one attached hydrogen (secondary N) is 2. The average molecular weight is 278 g/mol. The molecule has 0 aromatic carbocycles. The predicted molar refractivity (Wildman–Crippen MR) is 66.2 cm³/mol. The SMILES string of the molecule is CNc1cc(NCCOC(C)C)nc(C(F)(F)F)n1. The molecule has 1 aromatic rings. The minimum atomic E-state index is -4.57. The van der Waals surface area contributed by atoms with E-state index in [0.717, 1.165) is 0 Å². The van der Waals surface area contributed by atoms with Gasteiger partial charge in [0.2, 0.25) is 5.82 Å². The number of rotatable bonds is 6. The van der Waals surface area contributed by atoms with Gasteiger partial charge in [0.25, 0.3) is 0 Å². The molecule has 0 radical (unpaired) electrons. The molecule has 0 saturated carbocycles. The Kier molecular flexibility index (Phi) is 5.34. The first-order valence-electron chi connectivity index (χ1n) is 5.82. The zero-order valence-electron chi connectivity index (χ0n) is 11.0.